The maximum absolute atomic E-state index is 11.0. The van der Waals surface area contributed by atoms with Crippen LogP contribution in [0.5, 0.6) is 0 Å². The highest BCUT2D eigenvalue weighted by Crippen LogP contribution is 1.98. The summed E-state index contributed by atoms with van der Waals surface area (Å²) in [4.78, 5) is 13.3. The summed E-state index contributed by atoms with van der Waals surface area (Å²) in [5, 5.41) is 2.88. The number of ether oxygens (including phenoxy) is 1. The Bertz CT molecular complexity index is 184. The van der Waals surface area contributed by atoms with E-state index in [1.54, 1.807) is 0 Å². The van der Waals surface area contributed by atoms with Crippen molar-refractivity contribution >= 4 is 18.5 Å². The molecule has 1 rings (SSSR count). The van der Waals surface area contributed by atoms with Crippen molar-refractivity contribution in [3.63, 3.8) is 0 Å². The van der Waals surface area contributed by atoms with Gasteiger partial charge in [0.15, 0.2) is 0 Å². The van der Waals surface area contributed by atoms with Gasteiger partial charge in [0, 0.05) is 25.7 Å². The van der Waals surface area contributed by atoms with Crippen molar-refractivity contribution in [3.8, 4) is 0 Å². The zero-order valence-corrected chi connectivity index (χ0v) is 9.43. The number of morpholine rings is 1. The fraction of sp³-hybridized carbons (Fsp3) is 0.889. The number of carbonyl (C=O) groups is 1. The van der Waals surface area contributed by atoms with Crippen molar-refractivity contribution in [2.45, 2.75) is 13.0 Å². The Hall–Kier alpha value is -0.260. The van der Waals surface area contributed by atoms with Crippen LogP contribution in [0.1, 0.15) is 6.92 Å². The van der Waals surface area contributed by atoms with Gasteiger partial charge in [0.1, 0.15) is 0 Å². The number of thiol groups is 1. The molecule has 0 aromatic carbocycles. The van der Waals surface area contributed by atoms with Crippen molar-refractivity contribution in [1.82, 2.24) is 10.2 Å². The second-order valence-corrected chi connectivity index (χ2v) is 3.86. The van der Waals surface area contributed by atoms with Crippen LogP contribution in [0, 0.1) is 0 Å². The Kier molecular flexibility index (Phi) is 5.29. The lowest BCUT2D eigenvalue weighted by Gasteiger charge is -2.29. The summed E-state index contributed by atoms with van der Waals surface area (Å²) < 4.78 is 5.24. The van der Waals surface area contributed by atoms with Gasteiger partial charge in [-0.05, 0) is 6.92 Å². The van der Waals surface area contributed by atoms with Gasteiger partial charge in [-0.1, -0.05) is 0 Å². The molecule has 1 atom stereocenters. The first-order valence-corrected chi connectivity index (χ1v) is 5.56. The Morgan fingerprint density at radius 3 is 2.79 bits per heavy atom. The fourth-order valence-electron chi connectivity index (χ4n) is 1.54. The molecule has 0 spiro atoms. The van der Waals surface area contributed by atoms with Crippen LogP contribution in [-0.2, 0) is 9.53 Å². The molecular weight excluding hydrogens is 200 g/mol. The van der Waals surface area contributed by atoms with E-state index in [1.807, 2.05) is 6.92 Å². The number of hydrogen-bond acceptors (Lipinski definition) is 4. The topological polar surface area (TPSA) is 41.6 Å². The Morgan fingerprint density at radius 1 is 1.57 bits per heavy atom. The summed E-state index contributed by atoms with van der Waals surface area (Å²) in [6.07, 6.45) is 0. The lowest BCUT2D eigenvalue weighted by Crippen LogP contribution is -2.46. The number of carbonyl (C=O) groups excluding carboxylic acids is 1. The van der Waals surface area contributed by atoms with Crippen LogP contribution < -0.4 is 5.32 Å². The Balaban J connectivity index is 2.18. The van der Waals surface area contributed by atoms with E-state index in [9.17, 15) is 4.79 Å². The smallest absolute Gasteiger partial charge is 0.229 e. The molecule has 0 aliphatic carbocycles. The highest BCUT2D eigenvalue weighted by Gasteiger charge is 2.14. The number of rotatable bonds is 4. The lowest BCUT2D eigenvalue weighted by atomic mass is 10.3. The molecular formula is C9H18N2O2S. The first-order valence-electron chi connectivity index (χ1n) is 4.92. The van der Waals surface area contributed by atoms with Crippen molar-refractivity contribution in [3.05, 3.63) is 0 Å². The minimum atomic E-state index is -0.00547. The summed E-state index contributed by atoms with van der Waals surface area (Å²) in [5.74, 6) is 0.252. The maximum atomic E-state index is 11.0. The van der Waals surface area contributed by atoms with Gasteiger partial charge in [-0.3, -0.25) is 9.69 Å². The second-order valence-electron chi connectivity index (χ2n) is 3.54. The maximum Gasteiger partial charge on any atom is 0.229 e. The zero-order valence-electron chi connectivity index (χ0n) is 8.53. The molecule has 1 aliphatic rings. The average Bonchev–Trinajstić information content (AvgIpc) is 2.19. The van der Waals surface area contributed by atoms with Crippen LogP contribution in [0.2, 0.25) is 0 Å². The predicted octanol–water partition coefficient (Wildman–Crippen LogP) is -0.247. The van der Waals surface area contributed by atoms with E-state index in [0.717, 1.165) is 32.8 Å². The average molecular weight is 218 g/mol. The molecule has 0 saturated carbocycles. The van der Waals surface area contributed by atoms with Gasteiger partial charge in [0.25, 0.3) is 0 Å². The monoisotopic (exact) mass is 218 g/mol. The minimum Gasteiger partial charge on any atom is -0.379 e. The van der Waals surface area contributed by atoms with E-state index < -0.39 is 0 Å². The molecule has 5 heteroatoms. The third kappa shape index (κ3) is 4.30. The van der Waals surface area contributed by atoms with Gasteiger partial charge in [-0.2, -0.15) is 12.6 Å². The van der Waals surface area contributed by atoms with Gasteiger partial charge in [-0.15, -0.1) is 0 Å². The molecule has 1 aliphatic heterocycles. The summed E-state index contributed by atoms with van der Waals surface area (Å²) >= 11 is 3.91. The molecule has 0 aromatic heterocycles. The molecule has 1 heterocycles. The van der Waals surface area contributed by atoms with Crippen molar-refractivity contribution in [1.29, 1.82) is 0 Å². The predicted molar refractivity (Wildman–Crippen MR) is 58.7 cm³/mol. The van der Waals surface area contributed by atoms with Gasteiger partial charge < -0.3 is 10.1 Å². The molecule has 1 unspecified atom stereocenters. The Labute approximate surface area is 90.4 Å². The summed E-state index contributed by atoms with van der Waals surface area (Å²) in [6, 6.07) is 0.188. The van der Waals surface area contributed by atoms with E-state index in [2.05, 4.69) is 22.8 Å². The minimum absolute atomic E-state index is 0.00547. The first kappa shape index (κ1) is 11.8. The fourth-order valence-corrected chi connectivity index (χ4v) is 1.63. The molecule has 0 aromatic rings. The van der Waals surface area contributed by atoms with Crippen LogP contribution in [0.4, 0.5) is 0 Å². The van der Waals surface area contributed by atoms with Crippen LogP contribution in [0.15, 0.2) is 0 Å². The highest BCUT2D eigenvalue weighted by molar-refractivity contribution is 7.81. The summed E-state index contributed by atoms with van der Waals surface area (Å²) in [6.45, 7) is 6.42. The molecule has 1 fully saturated rings. The van der Waals surface area contributed by atoms with Gasteiger partial charge in [-0.25, -0.2) is 0 Å². The van der Waals surface area contributed by atoms with E-state index in [4.69, 9.17) is 4.74 Å². The SMILES string of the molecule is CC(CN1CCOCC1)NC(=O)CS. The van der Waals surface area contributed by atoms with E-state index in [1.165, 1.54) is 0 Å². The molecule has 4 nitrogen and oxygen atoms in total. The molecule has 1 amide bonds. The van der Waals surface area contributed by atoms with Crippen molar-refractivity contribution < 1.29 is 9.53 Å². The standard InChI is InChI=1S/C9H18N2O2S/c1-8(10-9(12)7-14)6-11-2-4-13-5-3-11/h8,14H,2-7H2,1H3,(H,10,12). The van der Waals surface area contributed by atoms with Gasteiger partial charge in [0.05, 0.1) is 19.0 Å². The van der Waals surface area contributed by atoms with Crippen molar-refractivity contribution in [2.75, 3.05) is 38.6 Å². The quantitative estimate of drug-likeness (QED) is 0.640. The molecule has 0 radical (unpaired) electrons. The largest absolute Gasteiger partial charge is 0.379 e. The molecule has 0 bridgehead atoms. The zero-order chi connectivity index (χ0) is 10.4. The number of amides is 1. The van der Waals surface area contributed by atoms with Crippen molar-refractivity contribution in [2.24, 2.45) is 0 Å². The normalized spacial score (nSPS) is 20.4. The van der Waals surface area contributed by atoms with Crippen LogP contribution >= 0.6 is 12.6 Å². The van der Waals surface area contributed by atoms with Gasteiger partial charge >= 0.3 is 0 Å². The van der Waals surface area contributed by atoms with E-state index in [-0.39, 0.29) is 17.7 Å². The second kappa shape index (κ2) is 6.27. The summed E-state index contributed by atoms with van der Waals surface area (Å²) in [7, 11) is 0. The third-order valence-corrected chi connectivity index (χ3v) is 2.47. The number of nitrogens with one attached hydrogen (secondary N) is 1. The van der Waals surface area contributed by atoms with E-state index >= 15 is 0 Å². The first-order chi connectivity index (χ1) is 6.72. The molecule has 82 valence electrons. The Morgan fingerprint density at radius 2 is 2.21 bits per heavy atom. The molecule has 1 N–H and O–H groups in total. The molecule has 14 heavy (non-hydrogen) atoms. The van der Waals surface area contributed by atoms with Crippen LogP contribution in [0.3, 0.4) is 0 Å². The highest BCUT2D eigenvalue weighted by atomic mass is 32.1. The van der Waals surface area contributed by atoms with Crippen LogP contribution in [-0.4, -0.2) is 55.4 Å². The summed E-state index contributed by atoms with van der Waals surface area (Å²) in [5.41, 5.74) is 0. The number of nitrogens with zero attached hydrogens (tertiary/aromatic N) is 1. The lowest BCUT2D eigenvalue weighted by molar-refractivity contribution is -0.119. The molecule has 1 saturated heterocycles. The van der Waals surface area contributed by atoms with Crippen LogP contribution in [0.25, 0.3) is 0 Å². The van der Waals surface area contributed by atoms with Gasteiger partial charge in [0.2, 0.25) is 5.91 Å². The number of hydrogen-bond donors (Lipinski definition) is 2. The third-order valence-electron chi connectivity index (χ3n) is 2.19. The van der Waals surface area contributed by atoms with E-state index in [0.29, 0.717) is 0 Å².